The summed E-state index contributed by atoms with van der Waals surface area (Å²) < 4.78 is 23.2. The van der Waals surface area contributed by atoms with E-state index >= 15 is 0 Å². The number of hydrogen-bond donors (Lipinski definition) is 2. The molecule has 1 atom stereocenters. The molecule has 6 nitrogen and oxygen atoms in total. The number of benzene rings is 1. The molecule has 2 N–H and O–H groups in total. The molecule has 2 aliphatic rings. The lowest BCUT2D eigenvalue weighted by Crippen LogP contribution is -2.44. The van der Waals surface area contributed by atoms with Crippen LogP contribution in [0.1, 0.15) is 37.3 Å². The first kappa shape index (κ1) is 19.2. The SMILES string of the molecule is CCNC(=NCc1ccc(CN2CCCC2)cc1)NC1CCS(=O)(=O)C1. The third-order valence-corrected chi connectivity index (χ3v) is 6.73. The first-order valence-corrected chi connectivity index (χ1v) is 11.4. The van der Waals surface area contributed by atoms with Gasteiger partial charge in [0.15, 0.2) is 15.8 Å². The minimum atomic E-state index is -2.89. The van der Waals surface area contributed by atoms with E-state index in [0.29, 0.717) is 18.9 Å². The summed E-state index contributed by atoms with van der Waals surface area (Å²) in [6.07, 6.45) is 3.28. The summed E-state index contributed by atoms with van der Waals surface area (Å²) in [6, 6.07) is 8.61. The molecule has 2 heterocycles. The molecule has 2 fully saturated rings. The number of guanidine groups is 1. The first-order chi connectivity index (χ1) is 12.5. The van der Waals surface area contributed by atoms with Gasteiger partial charge in [0.2, 0.25) is 0 Å². The van der Waals surface area contributed by atoms with Crippen LogP contribution in [0.2, 0.25) is 0 Å². The summed E-state index contributed by atoms with van der Waals surface area (Å²) in [7, 11) is -2.89. The first-order valence-electron chi connectivity index (χ1n) is 9.59. The number of hydrogen-bond acceptors (Lipinski definition) is 4. The van der Waals surface area contributed by atoms with E-state index in [2.05, 4.69) is 44.8 Å². The standard InChI is InChI=1S/C19H30N4O2S/c1-2-20-19(22-18-9-12-26(24,25)15-18)21-13-16-5-7-17(8-6-16)14-23-10-3-4-11-23/h5-8,18H,2-4,9-15H2,1H3,(H2,20,21,22). The maximum Gasteiger partial charge on any atom is 0.191 e. The molecule has 3 rings (SSSR count). The second-order valence-electron chi connectivity index (χ2n) is 7.24. The molecular weight excluding hydrogens is 348 g/mol. The summed E-state index contributed by atoms with van der Waals surface area (Å²) in [5, 5.41) is 6.46. The topological polar surface area (TPSA) is 73.8 Å². The van der Waals surface area contributed by atoms with Crippen molar-refractivity contribution in [3.8, 4) is 0 Å². The van der Waals surface area contributed by atoms with E-state index in [4.69, 9.17) is 0 Å². The number of aliphatic imine (C=N–C) groups is 1. The van der Waals surface area contributed by atoms with Crippen LogP contribution in [0.15, 0.2) is 29.3 Å². The van der Waals surface area contributed by atoms with Crippen molar-refractivity contribution in [1.82, 2.24) is 15.5 Å². The van der Waals surface area contributed by atoms with E-state index in [1.165, 1.54) is 31.5 Å². The predicted octanol–water partition coefficient (Wildman–Crippen LogP) is 1.52. The van der Waals surface area contributed by atoms with Gasteiger partial charge in [0.05, 0.1) is 18.1 Å². The van der Waals surface area contributed by atoms with Crippen molar-refractivity contribution in [1.29, 1.82) is 0 Å². The molecule has 0 aliphatic carbocycles. The second-order valence-corrected chi connectivity index (χ2v) is 9.47. The van der Waals surface area contributed by atoms with Gasteiger partial charge in [-0.1, -0.05) is 24.3 Å². The highest BCUT2D eigenvalue weighted by Gasteiger charge is 2.28. The van der Waals surface area contributed by atoms with Gasteiger partial charge >= 0.3 is 0 Å². The van der Waals surface area contributed by atoms with Crippen LogP contribution < -0.4 is 10.6 Å². The van der Waals surface area contributed by atoms with Crippen LogP contribution in [0, 0.1) is 0 Å². The molecule has 0 spiro atoms. The molecule has 144 valence electrons. The van der Waals surface area contributed by atoms with Crippen LogP contribution in [0.25, 0.3) is 0 Å². The molecule has 1 unspecified atom stereocenters. The number of nitrogens with zero attached hydrogens (tertiary/aromatic N) is 2. The predicted molar refractivity (Wildman–Crippen MR) is 106 cm³/mol. The van der Waals surface area contributed by atoms with E-state index in [-0.39, 0.29) is 17.5 Å². The summed E-state index contributed by atoms with van der Waals surface area (Å²) in [5.74, 6) is 1.15. The second kappa shape index (κ2) is 8.86. The van der Waals surface area contributed by atoms with Gasteiger partial charge in [0, 0.05) is 19.1 Å². The Balaban J connectivity index is 1.54. The molecule has 0 bridgehead atoms. The van der Waals surface area contributed by atoms with Crippen molar-refractivity contribution < 1.29 is 8.42 Å². The Morgan fingerprint density at radius 1 is 1.19 bits per heavy atom. The van der Waals surface area contributed by atoms with Crippen LogP contribution in [0.4, 0.5) is 0 Å². The Labute approximate surface area is 157 Å². The van der Waals surface area contributed by atoms with Crippen molar-refractivity contribution in [2.75, 3.05) is 31.1 Å². The zero-order chi connectivity index (χ0) is 18.4. The third kappa shape index (κ3) is 5.71. The lowest BCUT2D eigenvalue weighted by molar-refractivity contribution is 0.331. The average molecular weight is 379 g/mol. The molecule has 0 radical (unpaired) electrons. The smallest absolute Gasteiger partial charge is 0.191 e. The quantitative estimate of drug-likeness (QED) is 0.580. The highest BCUT2D eigenvalue weighted by molar-refractivity contribution is 7.91. The normalized spacial score (nSPS) is 23.3. The minimum absolute atomic E-state index is 0.0411. The van der Waals surface area contributed by atoms with E-state index in [1.54, 1.807) is 0 Å². The molecule has 0 saturated carbocycles. The van der Waals surface area contributed by atoms with Gasteiger partial charge in [-0.25, -0.2) is 13.4 Å². The van der Waals surface area contributed by atoms with Crippen molar-refractivity contribution in [2.45, 2.75) is 45.3 Å². The average Bonchev–Trinajstić information content (AvgIpc) is 3.23. The fourth-order valence-electron chi connectivity index (χ4n) is 3.54. The van der Waals surface area contributed by atoms with Gasteiger partial charge in [-0.05, 0) is 50.4 Å². The molecule has 7 heteroatoms. The maximum absolute atomic E-state index is 11.6. The van der Waals surface area contributed by atoms with Crippen LogP contribution >= 0.6 is 0 Å². The summed E-state index contributed by atoms with van der Waals surface area (Å²) in [6.45, 7) is 6.79. The maximum atomic E-state index is 11.6. The molecular formula is C19H30N4O2S. The summed E-state index contributed by atoms with van der Waals surface area (Å²) in [4.78, 5) is 7.11. The van der Waals surface area contributed by atoms with Gasteiger partial charge in [-0.2, -0.15) is 0 Å². The molecule has 26 heavy (non-hydrogen) atoms. The van der Waals surface area contributed by atoms with E-state index in [0.717, 1.165) is 18.7 Å². The zero-order valence-electron chi connectivity index (χ0n) is 15.6. The number of sulfone groups is 1. The highest BCUT2D eigenvalue weighted by atomic mass is 32.2. The fraction of sp³-hybridized carbons (Fsp3) is 0.632. The van der Waals surface area contributed by atoms with Crippen LogP contribution in [-0.4, -0.2) is 56.5 Å². The fourth-order valence-corrected chi connectivity index (χ4v) is 5.21. The zero-order valence-corrected chi connectivity index (χ0v) is 16.4. The molecule has 0 amide bonds. The van der Waals surface area contributed by atoms with Crippen LogP contribution in [-0.2, 0) is 22.9 Å². The Bertz CT molecular complexity index is 710. The molecule has 1 aromatic rings. The van der Waals surface area contributed by atoms with Gasteiger partial charge in [0.25, 0.3) is 0 Å². The number of likely N-dealkylation sites (tertiary alicyclic amines) is 1. The van der Waals surface area contributed by atoms with E-state index in [9.17, 15) is 8.42 Å². The highest BCUT2D eigenvalue weighted by Crippen LogP contribution is 2.14. The largest absolute Gasteiger partial charge is 0.357 e. The minimum Gasteiger partial charge on any atom is -0.357 e. The van der Waals surface area contributed by atoms with E-state index < -0.39 is 9.84 Å². The Kier molecular flexibility index (Phi) is 6.53. The van der Waals surface area contributed by atoms with Crippen molar-refractivity contribution in [3.05, 3.63) is 35.4 Å². The van der Waals surface area contributed by atoms with Gasteiger partial charge in [-0.15, -0.1) is 0 Å². The number of nitrogens with one attached hydrogen (secondary N) is 2. The van der Waals surface area contributed by atoms with Gasteiger partial charge in [0.1, 0.15) is 0 Å². The molecule has 1 aromatic carbocycles. The molecule has 2 aliphatic heterocycles. The Hall–Kier alpha value is -1.60. The number of rotatable bonds is 6. The van der Waals surface area contributed by atoms with Crippen LogP contribution in [0.5, 0.6) is 0 Å². The van der Waals surface area contributed by atoms with Crippen molar-refractivity contribution >= 4 is 15.8 Å². The third-order valence-electron chi connectivity index (χ3n) is 4.97. The summed E-state index contributed by atoms with van der Waals surface area (Å²) >= 11 is 0. The Morgan fingerprint density at radius 2 is 1.88 bits per heavy atom. The van der Waals surface area contributed by atoms with Gasteiger partial charge in [-0.3, -0.25) is 4.90 Å². The molecule has 2 saturated heterocycles. The van der Waals surface area contributed by atoms with Gasteiger partial charge < -0.3 is 10.6 Å². The summed E-state index contributed by atoms with van der Waals surface area (Å²) in [5.41, 5.74) is 2.51. The lowest BCUT2D eigenvalue weighted by Gasteiger charge is -2.16. The van der Waals surface area contributed by atoms with Crippen LogP contribution in [0.3, 0.4) is 0 Å². The van der Waals surface area contributed by atoms with Crippen molar-refractivity contribution in [3.63, 3.8) is 0 Å². The van der Waals surface area contributed by atoms with E-state index in [1.807, 2.05) is 6.92 Å². The molecule has 0 aromatic heterocycles. The monoisotopic (exact) mass is 378 g/mol. The van der Waals surface area contributed by atoms with Crippen molar-refractivity contribution in [2.24, 2.45) is 4.99 Å². The lowest BCUT2D eigenvalue weighted by atomic mass is 10.1. The Morgan fingerprint density at radius 3 is 2.50 bits per heavy atom.